The van der Waals surface area contributed by atoms with Crippen molar-refractivity contribution in [3.8, 4) is 0 Å². The van der Waals surface area contributed by atoms with Gasteiger partial charge in [0.1, 0.15) is 6.61 Å². The Kier molecular flexibility index (Phi) is 19.0. The first kappa shape index (κ1) is 28.4. The molecule has 0 aromatic carbocycles. The number of unbranched alkanes of at least 4 members (excludes halogenated alkanes) is 11. The van der Waals surface area contributed by atoms with Crippen molar-refractivity contribution in [1.82, 2.24) is 5.32 Å². The highest BCUT2D eigenvalue weighted by atomic mass is 31.2. The van der Waals surface area contributed by atoms with Gasteiger partial charge in [-0.3, -0.25) is 4.79 Å². The van der Waals surface area contributed by atoms with Crippen molar-refractivity contribution in [3.63, 3.8) is 0 Å². The lowest BCUT2D eigenvalue weighted by molar-refractivity contribution is -0.122. The molecule has 0 bridgehead atoms. The van der Waals surface area contributed by atoms with Crippen LogP contribution in [0.1, 0.15) is 96.8 Å². The Bertz CT molecular complexity index is 414. The molecule has 0 aliphatic carbocycles. The van der Waals surface area contributed by atoms with Crippen LogP contribution >= 0.6 is 8.17 Å². The highest BCUT2D eigenvalue weighted by Crippen LogP contribution is 2.45. The summed E-state index contributed by atoms with van der Waals surface area (Å²) in [7, 11) is -4.35. The zero-order valence-corrected chi connectivity index (χ0v) is 19.0. The zero-order chi connectivity index (χ0) is 21.8. The molecule has 0 radical (unpaired) electrons. The van der Waals surface area contributed by atoms with E-state index < -0.39 is 20.8 Å². The fourth-order valence-corrected chi connectivity index (χ4v) is 3.37. The molecule has 0 rings (SSSR count). The second-order valence-electron chi connectivity index (χ2n) is 7.59. The molecule has 0 unspecified atom stereocenters. The largest absolute Gasteiger partial charge is 0.567 e. The lowest BCUT2D eigenvalue weighted by atomic mass is 10.1. The van der Waals surface area contributed by atoms with Crippen LogP contribution in [0.25, 0.3) is 0 Å². The number of allylic oxidation sites excluding steroid dienone is 2. The first-order chi connectivity index (χ1) is 13.9. The van der Waals surface area contributed by atoms with E-state index in [2.05, 4.69) is 28.9 Å². The van der Waals surface area contributed by atoms with Gasteiger partial charge in [0.05, 0.1) is 12.6 Å². The van der Waals surface area contributed by atoms with Crippen molar-refractivity contribution in [2.24, 2.45) is 0 Å². The summed E-state index contributed by atoms with van der Waals surface area (Å²) >= 11 is 0. The van der Waals surface area contributed by atoms with E-state index in [0.717, 1.165) is 32.1 Å². The first-order valence-corrected chi connectivity index (χ1v) is 12.7. The van der Waals surface area contributed by atoms with E-state index in [4.69, 9.17) is 19.8 Å². The van der Waals surface area contributed by atoms with Gasteiger partial charge in [0.2, 0.25) is 5.91 Å². The Morgan fingerprint density at radius 3 is 1.93 bits per heavy atom. The molecule has 0 fully saturated rings. The zero-order valence-electron chi connectivity index (χ0n) is 18.1. The molecular formula is C21H43NO6P+. The number of aliphatic hydroxyl groups is 1. The summed E-state index contributed by atoms with van der Waals surface area (Å²) in [6, 6.07) is -0.767. The van der Waals surface area contributed by atoms with Gasteiger partial charge in [0.25, 0.3) is 0 Å². The molecule has 29 heavy (non-hydrogen) atoms. The van der Waals surface area contributed by atoms with Crippen LogP contribution < -0.4 is 5.32 Å². The van der Waals surface area contributed by atoms with Gasteiger partial charge in [-0.15, -0.1) is 0 Å². The Morgan fingerprint density at radius 1 is 0.897 bits per heavy atom. The van der Waals surface area contributed by atoms with Crippen LogP contribution in [-0.4, -0.2) is 44.9 Å². The number of amides is 1. The van der Waals surface area contributed by atoms with Crippen LogP contribution in [0.2, 0.25) is 0 Å². The minimum atomic E-state index is -4.35. The number of hydrogen-bond acceptors (Lipinski definition) is 6. The van der Waals surface area contributed by atoms with E-state index in [1.54, 1.807) is 0 Å². The number of nitrogens with one attached hydrogen (secondary N) is 1. The SMILES string of the molecule is CCCCCCCC/C=C\CCCCCCCC(=O)N[C@H](CO)CO[P+](O)(O)O. The molecule has 1 atom stereocenters. The van der Waals surface area contributed by atoms with Gasteiger partial charge < -0.3 is 10.4 Å². The van der Waals surface area contributed by atoms with Crippen molar-refractivity contribution >= 4 is 14.1 Å². The van der Waals surface area contributed by atoms with Gasteiger partial charge in [-0.05, 0) is 32.1 Å². The van der Waals surface area contributed by atoms with Gasteiger partial charge in [-0.25, -0.2) is 0 Å². The molecule has 0 aliphatic heterocycles. The topological polar surface area (TPSA) is 119 Å². The van der Waals surface area contributed by atoms with Crippen LogP contribution in [0.5, 0.6) is 0 Å². The van der Waals surface area contributed by atoms with Crippen molar-refractivity contribution in [2.75, 3.05) is 13.2 Å². The Hall–Kier alpha value is -0.560. The summed E-state index contributed by atoms with van der Waals surface area (Å²) in [6.45, 7) is 1.48. The second-order valence-corrected chi connectivity index (χ2v) is 8.88. The normalized spacial score (nSPS) is 13.1. The molecule has 0 heterocycles. The summed E-state index contributed by atoms with van der Waals surface area (Å²) in [5.41, 5.74) is 0. The monoisotopic (exact) mass is 436 g/mol. The summed E-state index contributed by atoms with van der Waals surface area (Å²) in [6.07, 6.45) is 20.5. The summed E-state index contributed by atoms with van der Waals surface area (Å²) in [5, 5.41) is 11.7. The van der Waals surface area contributed by atoms with Crippen molar-refractivity contribution in [2.45, 2.75) is 103 Å². The van der Waals surface area contributed by atoms with E-state index >= 15 is 0 Å². The molecule has 172 valence electrons. The highest BCUT2D eigenvalue weighted by molar-refractivity contribution is 7.53. The lowest BCUT2D eigenvalue weighted by Crippen LogP contribution is -2.40. The van der Waals surface area contributed by atoms with Crippen LogP contribution in [0, 0.1) is 0 Å². The molecule has 0 spiro atoms. The number of carbonyl (C=O) groups excluding carboxylic acids is 1. The molecule has 0 saturated heterocycles. The molecule has 0 saturated carbocycles. The minimum Gasteiger partial charge on any atom is -0.394 e. The van der Waals surface area contributed by atoms with Crippen LogP contribution in [-0.2, 0) is 9.32 Å². The van der Waals surface area contributed by atoms with Crippen LogP contribution in [0.4, 0.5) is 0 Å². The third-order valence-electron chi connectivity index (χ3n) is 4.70. The molecule has 0 aliphatic rings. The molecule has 0 aromatic heterocycles. The van der Waals surface area contributed by atoms with Crippen molar-refractivity contribution in [3.05, 3.63) is 12.2 Å². The number of carbonyl (C=O) groups is 1. The van der Waals surface area contributed by atoms with Crippen LogP contribution in [0.15, 0.2) is 12.2 Å². The third-order valence-corrected chi connectivity index (χ3v) is 5.20. The molecule has 1 amide bonds. The van der Waals surface area contributed by atoms with E-state index in [9.17, 15) is 4.79 Å². The average molecular weight is 437 g/mol. The Balaban J connectivity index is 3.48. The molecule has 7 nitrogen and oxygen atoms in total. The highest BCUT2D eigenvalue weighted by Gasteiger charge is 2.34. The van der Waals surface area contributed by atoms with Crippen molar-refractivity contribution < 1.29 is 29.1 Å². The van der Waals surface area contributed by atoms with E-state index in [1.807, 2.05) is 0 Å². The van der Waals surface area contributed by atoms with Gasteiger partial charge in [-0.1, -0.05) is 70.4 Å². The van der Waals surface area contributed by atoms with Gasteiger partial charge >= 0.3 is 8.17 Å². The Morgan fingerprint density at radius 2 is 1.41 bits per heavy atom. The molecule has 5 N–H and O–H groups in total. The quantitative estimate of drug-likeness (QED) is 0.111. The number of rotatable bonds is 20. The van der Waals surface area contributed by atoms with Gasteiger partial charge in [0, 0.05) is 6.42 Å². The summed E-state index contributed by atoms with van der Waals surface area (Å²) in [5.74, 6) is -0.219. The summed E-state index contributed by atoms with van der Waals surface area (Å²) in [4.78, 5) is 38.1. The van der Waals surface area contributed by atoms with Crippen LogP contribution in [0.3, 0.4) is 0 Å². The maximum Gasteiger partial charge on any atom is 0.567 e. The van der Waals surface area contributed by atoms with E-state index in [0.29, 0.717) is 6.42 Å². The molecule has 8 heteroatoms. The predicted molar refractivity (Wildman–Crippen MR) is 118 cm³/mol. The van der Waals surface area contributed by atoms with Crippen molar-refractivity contribution in [1.29, 1.82) is 0 Å². The summed E-state index contributed by atoms with van der Waals surface area (Å²) < 4.78 is 4.41. The third kappa shape index (κ3) is 22.0. The van der Waals surface area contributed by atoms with Gasteiger partial charge in [0.15, 0.2) is 0 Å². The molecular weight excluding hydrogens is 393 g/mol. The average Bonchev–Trinajstić information content (AvgIpc) is 2.67. The first-order valence-electron chi connectivity index (χ1n) is 11.2. The van der Waals surface area contributed by atoms with E-state index in [-0.39, 0.29) is 12.5 Å². The van der Waals surface area contributed by atoms with E-state index in [1.165, 1.54) is 51.4 Å². The fraction of sp³-hybridized carbons (Fsp3) is 0.857. The number of hydrogen-bond donors (Lipinski definition) is 5. The maximum atomic E-state index is 11.8. The van der Waals surface area contributed by atoms with Gasteiger partial charge in [-0.2, -0.15) is 19.2 Å². The second kappa shape index (κ2) is 19.4. The fourth-order valence-electron chi connectivity index (χ4n) is 2.99. The lowest BCUT2D eigenvalue weighted by Gasteiger charge is -2.15. The smallest absolute Gasteiger partial charge is 0.394 e. The standard InChI is InChI=1S/C21H42NO6P/c1-2-3-4-5-6-7-8-9-10-11-12-13-14-15-16-17-21(24)22-20(18-23)19-28-29(25,26)27/h9-10,20,23,25-27H,2-8,11-19H2,1H3/p+1/b10-9-/t20-/m1/s1. The Labute approximate surface area is 177 Å². The minimum absolute atomic E-state index is 0.219. The predicted octanol–water partition coefficient (Wildman–Crippen LogP) is 4.17. The maximum absolute atomic E-state index is 11.8. The molecule has 0 aromatic rings. The number of aliphatic hydroxyl groups excluding tert-OH is 1.